The quantitative estimate of drug-likeness (QED) is 0.758. The molecule has 0 saturated heterocycles. The number of carbonyl (C=O) groups is 1. The fourth-order valence-corrected chi connectivity index (χ4v) is 1.35. The van der Waals surface area contributed by atoms with Crippen LogP contribution >= 0.6 is 0 Å². The van der Waals surface area contributed by atoms with E-state index in [1.807, 2.05) is 6.92 Å². The van der Waals surface area contributed by atoms with Gasteiger partial charge < -0.3 is 10.4 Å². The standard InChI is InChI=1S/C12H14N2O2/c1-4-5-8(2)13-11-7-10(12(15)16)6-9(3)14-11/h1,6-8H,5H2,2-3H3,(H,13,14)(H,15,16). The van der Waals surface area contributed by atoms with Gasteiger partial charge in [0.05, 0.1) is 5.56 Å². The van der Waals surface area contributed by atoms with Crippen LogP contribution in [0.25, 0.3) is 0 Å². The van der Waals surface area contributed by atoms with E-state index in [-0.39, 0.29) is 11.6 Å². The first-order chi connectivity index (χ1) is 7.52. The maximum absolute atomic E-state index is 10.8. The third-order valence-corrected chi connectivity index (χ3v) is 2.02. The molecule has 0 radical (unpaired) electrons. The highest BCUT2D eigenvalue weighted by Crippen LogP contribution is 2.12. The first-order valence-electron chi connectivity index (χ1n) is 4.95. The molecule has 0 aliphatic heterocycles. The Labute approximate surface area is 94.7 Å². The summed E-state index contributed by atoms with van der Waals surface area (Å²) in [5, 5.41) is 11.9. The first-order valence-corrected chi connectivity index (χ1v) is 4.95. The van der Waals surface area contributed by atoms with Gasteiger partial charge in [-0.25, -0.2) is 9.78 Å². The molecule has 0 fully saturated rings. The number of terminal acetylenes is 1. The Kier molecular flexibility index (Phi) is 3.90. The summed E-state index contributed by atoms with van der Waals surface area (Å²) < 4.78 is 0. The fourth-order valence-electron chi connectivity index (χ4n) is 1.35. The molecule has 1 aromatic heterocycles. The molecule has 4 nitrogen and oxygen atoms in total. The van der Waals surface area contributed by atoms with Gasteiger partial charge in [-0.05, 0) is 26.0 Å². The smallest absolute Gasteiger partial charge is 0.335 e. The summed E-state index contributed by atoms with van der Waals surface area (Å²) in [4.78, 5) is 15.0. The Bertz CT molecular complexity index is 435. The minimum Gasteiger partial charge on any atom is -0.478 e. The molecule has 1 rings (SSSR count). The van der Waals surface area contributed by atoms with Crippen molar-refractivity contribution in [2.45, 2.75) is 26.3 Å². The topological polar surface area (TPSA) is 62.2 Å². The lowest BCUT2D eigenvalue weighted by Gasteiger charge is -2.12. The molecule has 2 N–H and O–H groups in total. The van der Waals surface area contributed by atoms with E-state index < -0.39 is 5.97 Å². The van der Waals surface area contributed by atoms with E-state index >= 15 is 0 Å². The predicted octanol–water partition coefficient (Wildman–Crippen LogP) is 1.91. The molecule has 1 aromatic rings. The first kappa shape index (κ1) is 12.1. The molecule has 1 unspecified atom stereocenters. The number of aromatic carboxylic acids is 1. The Morgan fingerprint density at radius 2 is 2.38 bits per heavy atom. The van der Waals surface area contributed by atoms with E-state index in [9.17, 15) is 4.79 Å². The van der Waals surface area contributed by atoms with Gasteiger partial charge in [-0.15, -0.1) is 12.3 Å². The van der Waals surface area contributed by atoms with Gasteiger partial charge in [0.1, 0.15) is 5.82 Å². The van der Waals surface area contributed by atoms with Crippen LogP contribution < -0.4 is 5.32 Å². The van der Waals surface area contributed by atoms with Crippen molar-refractivity contribution in [1.29, 1.82) is 0 Å². The van der Waals surface area contributed by atoms with Crippen LogP contribution in [0.1, 0.15) is 29.4 Å². The third-order valence-electron chi connectivity index (χ3n) is 2.02. The van der Waals surface area contributed by atoms with Gasteiger partial charge in [0.15, 0.2) is 0 Å². The minimum atomic E-state index is -0.960. The lowest BCUT2D eigenvalue weighted by molar-refractivity contribution is 0.0696. The average Bonchev–Trinajstić information content (AvgIpc) is 2.16. The summed E-state index contributed by atoms with van der Waals surface area (Å²) in [5.74, 6) is 2.11. The van der Waals surface area contributed by atoms with Gasteiger partial charge in [0.25, 0.3) is 0 Å². The second kappa shape index (κ2) is 5.17. The molecule has 0 saturated carbocycles. The van der Waals surface area contributed by atoms with Crippen LogP contribution in [-0.4, -0.2) is 22.1 Å². The molecule has 84 valence electrons. The van der Waals surface area contributed by atoms with Gasteiger partial charge in [-0.3, -0.25) is 0 Å². The number of hydrogen-bond acceptors (Lipinski definition) is 3. The summed E-state index contributed by atoms with van der Waals surface area (Å²) in [5.41, 5.74) is 0.887. The number of carboxylic acid groups (broad SMARTS) is 1. The van der Waals surface area contributed by atoms with Gasteiger partial charge in [0, 0.05) is 18.2 Å². The molecular weight excluding hydrogens is 204 g/mol. The summed E-state index contributed by atoms with van der Waals surface area (Å²) in [6, 6.07) is 3.10. The predicted molar refractivity (Wildman–Crippen MR) is 62.5 cm³/mol. The molecule has 0 amide bonds. The van der Waals surface area contributed by atoms with Crippen LogP contribution in [0.5, 0.6) is 0 Å². The van der Waals surface area contributed by atoms with Crippen molar-refractivity contribution in [3.05, 3.63) is 23.4 Å². The molecule has 0 spiro atoms. The summed E-state index contributed by atoms with van der Waals surface area (Å²) in [6.07, 6.45) is 5.75. The lowest BCUT2D eigenvalue weighted by atomic mass is 10.2. The van der Waals surface area contributed by atoms with Gasteiger partial charge >= 0.3 is 5.97 Å². The highest BCUT2D eigenvalue weighted by atomic mass is 16.4. The van der Waals surface area contributed by atoms with Crippen LogP contribution in [0.15, 0.2) is 12.1 Å². The minimum absolute atomic E-state index is 0.0703. The molecule has 16 heavy (non-hydrogen) atoms. The van der Waals surface area contributed by atoms with Crippen molar-refractivity contribution in [1.82, 2.24) is 4.98 Å². The Balaban J connectivity index is 2.89. The monoisotopic (exact) mass is 218 g/mol. The number of nitrogens with one attached hydrogen (secondary N) is 1. The molecule has 1 atom stereocenters. The van der Waals surface area contributed by atoms with E-state index in [4.69, 9.17) is 11.5 Å². The van der Waals surface area contributed by atoms with Crippen molar-refractivity contribution < 1.29 is 9.90 Å². The zero-order valence-electron chi connectivity index (χ0n) is 9.32. The van der Waals surface area contributed by atoms with Crippen molar-refractivity contribution in [2.24, 2.45) is 0 Å². The molecule has 0 aliphatic rings. The summed E-state index contributed by atoms with van der Waals surface area (Å²) in [6.45, 7) is 3.67. The number of aryl methyl sites for hydroxylation is 1. The number of aromatic nitrogens is 1. The number of nitrogens with zero attached hydrogens (tertiary/aromatic N) is 1. The largest absolute Gasteiger partial charge is 0.478 e. The summed E-state index contributed by atoms with van der Waals surface area (Å²) in [7, 11) is 0. The van der Waals surface area contributed by atoms with Crippen LogP contribution in [0.2, 0.25) is 0 Å². The van der Waals surface area contributed by atoms with Crippen molar-refractivity contribution >= 4 is 11.8 Å². The number of rotatable bonds is 4. The maximum Gasteiger partial charge on any atom is 0.335 e. The van der Waals surface area contributed by atoms with Crippen LogP contribution in [0.3, 0.4) is 0 Å². The fraction of sp³-hybridized carbons (Fsp3) is 0.333. The van der Waals surface area contributed by atoms with Gasteiger partial charge in [-0.2, -0.15) is 0 Å². The summed E-state index contributed by atoms with van der Waals surface area (Å²) >= 11 is 0. The number of carboxylic acids is 1. The third kappa shape index (κ3) is 3.28. The van der Waals surface area contributed by atoms with Crippen molar-refractivity contribution in [2.75, 3.05) is 5.32 Å². The molecule has 0 aromatic carbocycles. The van der Waals surface area contributed by atoms with Crippen LogP contribution in [0.4, 0.5) is 5.82 Å². The highest BCUT2D eigenvalue weighted by molar-refractivity contribution is 5.88. The van der Waals surface area contributed by atoms with E-state index in [2.05, 4.69) is 16.2 Å². The van der Waals surface area contributed by atoms with Crippen LogP contribution in [-0.2, 0) is 0 Å². The molecular formula is C12H14N2O2. The highest BCUT2D eigenvalue weighted by Gasteiger charge is 2.08. The van der Waals surface area contributed by atoms with Crippen molar-refractivity contribution in [3.8, 4) is 12.3 Å². The Morgan fingerprint density at radius 1 is 1.69 bits per heavy atom. The normalized spacial score (nSPS) is 11.6. The van der Waals surface area contributed by atoms with Gasteiger partial charge in [0.2, 0.25) is 0 Å². The molecule has 0 bridgehead atoms. The molecule has 1 heterocycles. The van der Waals surface area contributed by atoms with E-state index in [1.165, 1.54) is 12.1 Å². The van der Waals surface area contributed by atoms with E-state index in [0.29, 0.717) is 17.9 Å². The maximum atomic E-state index is 10.8. The van der Waals surface area contributed by atoms with Gasteiger partial charge in [-0.1, -0.05) is 0 Å². The molecule has 0 aliphatic carbocycles. The second-order valence-corrected chi connectivity index (χ2v) is 3.64. The zero-order valence-corrected chi connectivity index (χ0v) is 9.32. The average molecular weight is 218 g/mol. The second-order valence-electron chi connectivity index (χ2n) is 3.64. The Hall–Kier alpha value is -2.02. The Morgan fingerprint density at radius 3 is 2.94 bits per heavy atom. The van der Waals surface area contributed by atoms with E-state index in [1.54, 1.807) is 6.92 Å². The number of pyridine rings is 1. The molecule has 4 heteroatoms. The van der Waals surface area contributed by atoms with Crippen molar-refractivity contribution in [3.63, 3.8) is 0 Å². The van der Waals surface area contributed by atoms with E-state index in [0.717, 1.165) is 0 Å². The lowest BCUT2D eigenvalue weighted by Crippen LogP contribution is -2.16. The zero-order chi connectivity index (χ0) is 12.1. The SMILES string of the molecule is C#CCC(C)Nc1cc(C(=O)O)cc(C)n1. The van der Waals surface area contributed by atoms with Crippen LogP contribution in [0, 0.1) is 19.3 Å². The number of hydrogen-bond donors (Lipinski definition) is 2. The number of anilines is 1.